The SMILES string of the molecule is O=CCSC1CCC2CCCCC2C1. The summed E-state index contributed by atoms with van der Waals surface area (Å²) in [6, 6.07) is 0. The van der Waals surface area contributed by atoms with Crippen molar-refractivity contribution in [3.63, 3.8) is 0 Å². The molecule has 3 atom stereocenters. The predicted octanol–water partition coefficient (Wildman–Crippen LogP) is 3.28. The van der Waals surface area contributed by atoms with Crippen LogP contribution in [0.25, 0.3) is 0 Å². The number of carbonyl (C=O) groups is 1. The summed E-state index contributed by atoms with van der Waals surface area (Å²) in [6.45, 7) is 0. The zero-order chi connectivity index (χ0) is 9.80. The van der Waals surface area contributed by atoms with Gasteiger partial charge in [-0.25, -0.2) is 0 Å². The lowest BCUT2D eigenvalue weighted by molar-refractivity contribution is -0.105. The lowest BCUT2D eigenvalue weighted by Gasteiger charge is -2.38. The Balaban J connectivity index is 1.80. The Morgan fingerprint density at radius 1 is 1.07 bits per heavy atom. The fourth-order valence-electron chi connectivity index (χ4n) is 3.16. The van der Waals surface area contributed by atoms with E-state index < -0.39 is 0 Å². The third-order valence-corrected chi connectivity index (χ3v) is 5.12. The number of rotatable bonds is 3. The van der Waals surface area contributed by atoms with Crippen molar-refractivity contribution in [1.82, 2.24) is 0 Å². The molecule has 3 unspecified atom stereocenters. The largest absolute Gasteiger partial charge is 0.302 e. The number of thioether (sulfide) groups is 1. The van der Waals surface area contributed by atoms with Crippen molar-refractivity contribution in [3.8, 4) is 0 Å². The first kappa shape index (κ1) is 10.5. The minimum atomic E-state index is 0.710. The Hall–Kier alpha value is 0.0200. The first-order valence-electron chi connectivity index (χ1n) is 5.95. The van der Waals surface area contributed by atoms with Gasteiger partial charge in [-0.15, -0.1) is 0 Å². The fourth-order valence-corrected chi connectivity index (χ4v) is 4.19. The lowest BCUT2D eigenvalue weighted by atomic mass is 9.71. The number of hydrogen-bond acceptors (Lipinski definition) is 2. The van der Waals surface area contributed by atoms with E-state index in [4.69, 9.17) is 0 Å². The van der Waals surface area contributed by atoms with Crippen LogP contribution in [0.4, 0.5) is 0 Å². The summed E-state index contributed by atoms with van der Waals surface area (Å²) < 4.78 is 0. The molecule has 0 aromatic carbocycles. The Morgan fingerprint density at radius 3 is 2.64 bits per heavy atom. The summed E-state index contributed by atoms with van der Waals surface area (Å²) in [6.07, 6.45) is 11.1. The minimum absolute atomic E-state index is 0.710. The van der Waals surface area contributed by atoms with Crippen LogP contribution in [0.1, 0.15) is 44.9 Å². The maximum atomic E-state index is 10.3. The van der Waals surface area contributed by atoms with Crippen molar-refractivity contribution < 1.29 is 4.79 Å². The van der Waals surface area contributed by atoms with Crippen molar-refractivity contribution in [2.45, 2.75) is 50.2 Å². The van der Waals surface area contributed by atoms with Crippen molar-refractivity contribution in [1.29, 1.82) is 0 Å². The molecule has 0 bridgehead atoms. The maximum Gasteiger partial charge on any atom is 0.129 e. The van der Waals surface area contributed by atoms with Crippen LogP contribution in [-0.2, 0) is 4.79 Å². The molecule has 0 amide bonds. The molecular weight excluding hydrogens is 192 g/mol. The van der Waals surface area contributed by atoms with Crippen LogP contribution in [0.3, 0.4) is 0 Å². The molecule has 0 aromatic rings. The topological polar surface area (TPSA) is 17.1 Å². The molecule has 2 aliphatic rings. The molecule has 2 heteroatoms. The van der Waals surface area contributed by atoms with Gasteiger partial charge in [0.05, 0.1) is 0 Å². The van der Waals surface area contributed by atoms with Crippen LogP contribution in [-0.4, -0.2) is 17.3 Å². The minimum Gasteiger partial charge on any atom is -0.302 e. The van der Waals surface area contributed by atoms with Crippen LogP contribution in [0.2, 0.25) is 0 Å². The molecule has 80 valence electrons. The van der Waals surface area contributed by atoms with Gasteiger partial charge in [-0.1, -0.05) is 25.7 Å². The summed E-state index contributed by atoms with van der Waals surface area (Å²) in [7, 11) is 0. The van der Waals surface area contributed by atoms with E-state index >= 15 is 0 Å². The highest BCUT2D eigenvalue weighted by Crippen LogP contribution is 2.43. The van der Waals surface area contributed by atoms with Crippen molar-refractivity contribution in [2.24, 2.45) is 11.8 Å². The van der Waals surface area contributed by atoms with Gasteiger partial charge in [0.2, 0.25) is 0 Å². The van der Waals surface area contributed by atoms with Gasteiger partial charge in [-0.2, -0.15) is 11.8 Å². The molecule has 0 heterocycles. The van der Waals surface area contributed by atoms with Gasteiger partial charge in [0, 0.05) is 11.0 Å². The van der Waals surface area contributed by atoms with Crippen LogP contribution in [0.15, 0.2) is 0 Å². The zero-order valence-electron chi connectivity index (χ0n) is 8.78. The van der Waals surface area contributed by atoms with E-state index in [9.17, 15) is 4.79 Å². The molecule has 14 heavy (non-hydrogen) atoms. The molecule has 1 nitrogen and oxygen atoms in total. The standard InChI is InChI=1S/C12H20OS/c13-7-8-14-12-6-5-10-3-1-2-4-11(10)9-12/h7,10-12H,1-6,8-9H2. The van der Waals surface area contributed by atoms with E-state index in [0.29, 0.717) is 5.75 Å². The molecule has 2 fully saturated rings. The van der Waals surface area contributed by atoms with Crippen molar-refractivity contribution >= 4 is 18.0 Å². The van der Waals surface area contributed by atoms with Gasteiger partial charge in [0.1, 0.15) is 6.29 Å². The number of hydrogen-bond donors (Lipinski definition) is 0. The second-order valence-electron chi connectivity index (χ2n) is 4.74. The highest BCUT2D eigenvalue weighted by Gasteiger charge is 2.31. The van der Waals surface area contributed by atoms with E-state index in [-0.39, 0.29) is 0 Å². The third kappa shape index (κ3) is 2.53. The smallest absolute Gasteiger partial charge is 0.129 e. The van der Waals surface area contributed by atoms with E-state index in [1.54, 1.807) is 0 Å². The molecule has 0 aromatic heterocycles. The van der Waals surface area contributed by atoms with Gasteiger partial charge in [0.25, 0.3) is 0 Å². The average Bonchev–Trinajstić information content (AvgIpc) is 2.26. The Kier molecular flexibility index (Phi) is 3.91. The summed E-state index contributed by atoms with van der Waals surface area (Å²) in [4.78, 5) is 10.3. The summed E-state index contributed by atoms with van der Waals surface area (Å²) in [5.41, 5.74) is 0. The summed E-state index contributed by atoms with van der Waals surface area (Å²) >= 11 is 1.89. The van der Waals surface area contributed by atoms with Crippen LogP contribution < -0.4 is 0 Å². The average molecular weight is 212 g/mol. The Morgan fingerprint density at radius 2 is 1.86 bits per heavy atom. The normalized spacial score (nSPS) is 37.6. The van der Waals surface area contributed by atoms with Crippen molar-refractivity contribution in [3.05, 3.63) is 0 Å². The van der Waals surface area contributed by atoms with Gasteiger partial charge in [-0.05, 0) is 31.1 Å². The molecule has 0 aliphatic heterocycles. The first-order chi connectivity index (χ1) is 6.90. The van der Waals surface area contributed by atoms with Gasteiger partial charge < -0.3 is 4.79 Å². The highest BCUT2D eigenvalue weighted by molar-refractivity contribution is 8.00. The quantitative estimate of drug-likeness (QED) is 0.668. The number of fused-ring (bicyclic) bond motifs is 1. The first-order valence-corrected chi connectivity index (χ1v) is 7.00. The molecule has 2 rings (SSSR count). The second kappa shape index (κ2) is 5.20. The summed E-state index contributed by atoms with van der Waals surface area (Å²) in [5, 5.41) is 0.791. The van der Waals surface area contributed by atoms with Gasteiger partial charge >= 0.3 is 0 Å². The van der Waals surface area contributed by atoms with Gasteiger partial charge in [0.15, 0.2) is 0 Å². The number of aldehydes is 1. The van der Waals surface area contributed by atoms with Crippen LogP contribution in [0, 0.1) is 11.8 Å². The van der Waals surface area contributed by atoms with E-state index in [2.05, 4.69) is 0 Å². The molecule has 0 saturated heterocycles. The molecule has 0 radical (unpaired) electrons. The molecule has 2 aliphatic carbocycles. The zero-order valence-corrected chi connectivity index (χ0v) is 9.60. The highest BCUT2D eigenvalue weighted by atomic mass is 32.2. The fraction of sp³-hybridized carbons (Fsp3) is 0.917. The second-order valence-corrected chi connectivity index (χ2v) is 6.07. The van der Waals surface area contributed by atoms with E-state index in [0.717, 1.165) is 23.4 Å². The molecule has 2 saturated carbocycles. The van der Waals surface area contributed by atoms with E-state index in [1.165, 1.54) is 44.9 Å². The molecular formula is C12H20OS. The lowest BCUT2D eigenvalue weighted by Crippen LogP contribution is -2.29. The van der Waals surface area contributed by atoms with Crippen LogP contribution in [0.5, 0.6) is 0 Å². The predicted molar refractivity (Wildman–Crippen MR) is 61.6 cm³/mol. The van der Waals surface area contributed by atoms with Crippen LogP contribution >= 0.6 is 11.8 Å². The molecule has 0 spiro atoms. The van der Waals surface area contributed by atoms with E-state index in [1.807, 2.05) is 11.8 Å². The monoisotopic (exact) mass is 212 g/mol. The van der Waals surface area contributed by atoms with Gasteiger partial charge in [-0.3, -0.25) is 0 Å². The Bertz CT molecular complexity index is 193. The Labute approximate surface area is 91.0 Å². The third-order valence-electron chi connectivity index (χ3n) is 3.89. The van der Waals surface area contributed by atoms with Crippen molar-refractivity contribution in [2.75, 3.05) is 5.75 Å². The molecule has 0 N–H and O–H groups in total. The number of carbonyl (C=O) groups excluding carboxylic acids is 1. The summed E-state index contributed by atoms with van der Waals surface area (Å²) in [5.74, 6) is 2.75. The maximum absolute atomic E-state index is 10.3.